The van der Waals surface area contributed by atoms with Crippen molar-refractivity contribution in [2.75, 3.05) is 71.4 Å². The van der Waals surface area contributed by atoms with Crippen molar-refractivity contribution in [2.45, 2.75) is 72.9 Å². The molecule has 0 bridgehead atoms. The number of aromatic carboxylic acids is 1. The number of hydrogen-bond acceptors (Lipinski definition) is 10. The molecule has 2 aliphatic heterocycles. The Morgan fingerprint density at radius 2 is 1.51 bits per heavy atom. The quantitative estimate of drug-likeness (QED) is 0.0386. The second-order valence-corrected chi connectivity index (χ2v) is 21.7. The topological polar surface area (TPSA) is 168 Å². The number of piperidine rings is 1. The molecule has 8 rings (SSSR count). The van der Waals surface area contributed by atoms with Crippen molar-refractivity contribution in [2.24, 2.45) is 0 Å². The van der Waals surface area contributed by atoms with Crippen molar-refractivity contribution >= 4 is 73.2 Å². The molecule has 5 aromatic carbocycles. The van der Waals surface area contributed by atoms with E-state index in [2.05, 4.69) is 48.4 Å². The van der Waals surface area contributed by atoms with Gasteiger partial charge in [0.25, 0.3) is 10.0 Å². The number of thioether (sulfide) groups is 1. The molecule has 17 heteroatoms. The van der Waals surface area contributed by atoms with E-state index < -0.39 is 27.1 Å². The number of carbonyl (C=O) groups is 1. The minimum atomic E-state index is -4.14. The molecule has 0 radical (unpaired) electrons. The molecule has 0 spiro atoms. The molecule has 1 unspecified atom stereocenters. The van der Waals surface area contributed by atoms with Crippen molar-refractivity contribution in [3.05, 3.63) is 138 Å². The molecule has 69 heavy (non-hydrogen) atoms. The van der Waals surface area contributed by atoms with Crippen LogP contribution in [-0.2, 0) is 27.6 Å². The number of benzene rings is 5. The molecule has 2 saturated heterocycles. The van der Waals surface area contributed by atoms with Crippen molar-refractivity contribution in [1.82, 2.24) is 9.47 Å². The average molecular weight is 1010 g/mol. The van der Waals surface area contributed by atoms with Crippen molar-refractivity contribution in [1.29, 1.82) is 0 Å². The largest absolute Gasteiger partial charge is 0.478 e. The molecular weight excluding hydrogens is 952 g/mol. The summed E-state index contributed by atoms with van der Waals surface area (Å²) in [4.78, 5) is 20.7. The minimum Gasteiger partial charge on any atom is -0.478 e. The van der Waals surface area contributed by atoms with Gasteiger partial charge in [0.15, 0.2) is 11.1 Å². The van der Waals surface area contributed by atoms with E-state index in [9.17, 15) is 32.2 Å². The summed E-state index contributed by atoms with van der Waals surface area (Å²) < 4.78 is 55.4. The van der Waals surface area contributed by atoms with Gasteiger partial charge in [0.2, 0.25) is 0 Å². The molecule has 2 atom stereocenters. The Morgan fingerprint density at radius 1 is 0.826 bits per heavy atom. The summed E-state index contributed by atoms with van der Waals surface area (Å²) in [5.41, 5.74) is 6.94. The molecule has 0 aliphatic carbocycles. The highest BCUT2D eigenvalue weighted by molar-refractivity contribution is 7.99. The van der Waals surface area contributed by atoms with E-state index in [1.54, 1.807) is 30.0 Å². The number of nitrogens with one attached hydrogen (secondary N) is 2. The van der Waals surface area contributed by atoms with Crippen LogP contribution < -0.4 is 19.8 Å². The fraction of sp³-hybridized carbons (Fsp3) is 0.327. The zero-order valence-electron chi connectivity index (χ0n) is 38.8. The Hall–Kier alpha value is -5.33. The third-order valence-corrected chi connectivity index (χ3v) is 16.4. The van der Waals surface area contributed by atoms with Gasteiger partial charge in [0.1, 0.15) is 0 Å². The predicted octanol–water partition coefficient (Wildman–Crippen LogP) is 10.0. The normalized spacial score (nSPS) is 15.8. The summed E-state index contributed by atoms with van der Waals surface area (Å²) in [7, 11) is -4.14. The molecule has 0 saturated carbocycles. The number of aliphatic hydroxyl groups excluding tert-OH is 1. The summed E-state index contributed by atoms with van der Waals surface area (Å²) in [6.45, 7) is 9.85. The number of sulfonamides is 1. The summed E-state index contributed by atoms with van der Waals surface area (Å²) in [5.74, 6) is -0.292. The van der Waals surface area contributed by atoms with Crippen LogP contribution >= 0.6 is 23.4 Å². The Morgan fingerprint density at radius 3 is 2.16 bits per heavy atom. The van der Waals surface area contributed by atoms with E-state index in [0.717, 1.165) is 78.4 Å². The molecule has 2 aliphatic rings. The van der Waals surface area contributed by atoms with Gasteiger partial charge in [-0.2, -0.15) is 0 Å². The Kier molecular flexibility index (Phi) is 16.4. The number of carboxylic acids is 1. The van der Waals surface area contributed by atoms with Gasteiger partial charge in [0.05, 0.1) is 32.8 Å². The summed E-state index contributed by atoms with van der Waals surface area (Å²) in [6.07, 6.45) is 2.78. The van der Waals surface area contributed by atoms with E-state index in [0.29, 0.717) is 71.7 Å². The van der Waals surface area contributed by atoms with Gasteiger partial charge >= 0.3 is 5.97 Å². The number of piperazine rings is 1. The van der Waals surface area contributed by atoms with Crippen LogP contribution in [0.2, 0.25) is 5.02 Å². The highest BCUT2D eigenvalue weighted by atomic mass is 35.5. The average Bonchev–Trinajstić information content (AvgIpc) is 3.65. The third kappa shape index (κ3) is 12.2. The maximum Gasteiger partial charge on any atom is 0.338 e. The van der Waals surface area contributed by atoms with Crippen LogP contribution in [0.5, 0.6) is 0 Å². The standard InChI is InChI=1S/C52H59ClN6O7S3/c1-3-25-59-36(2)49(52(61)62)50(51(59)37-12-14-39(53)15-13-37)38-8-7-9-43(33-38)58-31-29-57(30-32-58)42-18-16-40(17-19-42)55-69(65,66)46-20-21-47(48(34-46)68(63)64)54-41(35-67-45-10-5-4-6-11-45)22-26-56-27-23-44(60)24-28-56/h4-21,33-34,41,44,54-55,60H,3,22-32,35H2,1-2H3,(H,61,62)(H,63,64)/t41-/m1/s1. The first-order chi connectivity index (χ1) is 33.3. The Bertz CT molecular complexity index is 2850. The van der Waals surface area contributed by atoms with Gasteiger partial charge in [-0.3, -0.25) is 4.72 Å². The molecule has 0 amide bonds. The first-order valence-electron chi connectivity index (χ1n) is 23.3. The van der Waals surface area contributed by atoms with Gasteiger partial charge in [-0.25, -0.2) is 17.4 Å². The van der Waals surface area contributed by atoms with E-state index in [1.807, 2.05) is 85.8 Å². The molecule has 1 aromatic heterocycles. The number of halogens is 1. The van der Waals surface area contributed by atoms with Gasteiger partial charge in [-0.15, -0.1) is 11.8 Å². The monoisotopic (exact) mass is 1010 g/mol. The maximum atomic E-state index is 13.8. The second-order valence-electron chi connectivity index (χ2n) is 17.6. The summed E-state index contributed by atoms with van der Waals surface area (Å²) in [6, 6.07) is 37.0. The van der Waals surface area contributed by atoms with Crippen molar-refractivity contribution in [3.63, 3.8) is 0 Å². The fourth-order valence-corrected chi connectivity index (χ4v) is 12.1. The lowest BCUT2D eigenvalue weighted by Gasteiger charge is -2.37. The van der Waals surface area contributed by atoms with Crippen LogP contribution in [0.1, 0.15) is 48.7 Å². The van der Waals surface area contributed by atoms with Crippen LogP contribution in [0.4, 0.5) is 22.7 Å². The van der Waals surface area contributed by atoms with E-state index in [1.165, 1.54) is 12.1 Å². The van der Waals surface area contributed by atoms with E-state index in [-0.39, 0.29) is 21.9 Å². The fourth-order valence-electron chi connectivity index (χ4n) is 9.27. The summed E-state index contributed by atoms with van der Waals surface area (Å²) >= 11 is 5.46. The number of anilines is 4. The number of aromatic nitrogens is 1. The first-order valence-corrected chi connectivity index (χ1v) is 27.3. The van der Waals surface area contributed by atoms with Crippen LogP contribution in [0.15, 0.2) is 136 Å². The molecule has 13 nitrogen and oxygen atoms in total. The van der Waals surface area contributed by atoms with E-state index >= 15 is 0 Å². The van der Waals surface area contributed by atoms with E-state index in [4.69, 9.17) is 11.6 Å². The van der Waals surface area contributed by atoms with Crippen LogP contribution in [0, 0.1) is 6.92 Å². The molecule has 364 valence electrons. The van der Waals surface area contributed by atoms with Crippen molar-refractivity contribution in [3.8, 4) is 22.4 Å². The smallest absolute Gasteiger partial charge is 0.338 e. The number of aliphatic hydroxyl groups is 1. The lowest BCUT2D eigenvalue weighted by atomic mass is 9.96. The number of hydrogen-bond donors (Lipinski definition) is 5. The molecule has 5 N–H and O–H groups in total. The SMILES string of the molecule is CCCn1c(C)c(C(=O)O)c(-c2cccc(N3CCN(c4ccc(NS(=O)(=O)c5ccc(N[C@H](CCN6CCC(O)CC6)CSc6ccccc6)c(S(=O)O)c5)cc4)CC3)c2)c1-c1ccc(Cl)cc1. The molecule has 3 heterocycles. The van der Waals surface area contributed by atoms with Gasteiger partial charge in [-0.1, -0.05) is 61.0 Å². The van der Waals surface area contributed by atoms with Gasteiger partial charge in [-0.05, 0) is 123 Å². The zero-order chi connectivity index (χ0) is 48.7. The van der Waals surface area contributed by atoms with Crippen LogP contribution in [-0.4, -0.2) is 107 Å². The van der Waals surface area contributed by atoms with Gasteiger partial charge in [0, 0.05) is 102 Å². The number of carboxylic acid groups (broad SMARTS) is 1. The maximum absolute atomic E-state index is 13.8. The zero-order valence-corrected chi connectivity index (χ0v) is 42.0. The minimum absolute atomic E-state index is 0.0243. The molecular formula is C52H59ClN6O7S3. The molecule has 6 aromatic rings. The third-order valence-electron chi connectivity index (χ3n) is 12.9. The number of likely N-dealkylation sites (tertiary alicyclic amines) is 1. The van der Waals surface area contributed by atoms with Crippen LogP contribution in [0.3, 0.4) is 0 Å². The second kappa shape index (κ2) is 22.6. The van der Waals surface area contributed by atoms with Crippen molar-refractivity contribution < 1.29 is 32.2 Å². The Labute approximate surface area is 416 Å². The summed E-state index contributed by atoms with van der Waals surface area (Å²) in [5, 5.41) is 24.6. The van der Waals surface area contributed by atoms with Gasteiger partial charge < -0.3 is 39.3 Å². The predicted molar refractivity (Wildman–Crippen MR) is 280 cm³/mol. The molecule has 2 fully saturated rings. The highest BCUT2D eigenvalue weighted by Gasteiger charge is 2.28. The highest BCUT2D eigenvalue weighted by Crippen LogP contribution is 2.41. The number of nitrogens with zero attached hydrogens (tertiary/aromatic N) is 4. The Balaban J connectivity index is 0.925. The number of rotatable bonds is 19. The van der Waals surface area contributed by atoms with Crippen LogP contribution in [0.25, 0.3) is 22.4 Å². The lowest BCUT2D eigenvalue weighted by Crippen LogP contribution is -2.46. The lowest BCUT2D eigenvalue weighted by molar-refractivity contribution is 0.0696. The first kappa shape index (κ1) is 50.1.